The van der Waals surface area contributed by atoms with Gasteiger partial charge < -0.3 is 9.80 Å². The molecule has 0 spiro atoms. The zero-order valence-corrected chi connectivity index (χ0v) is 16.9. The highest BCUT2D eigenvalue weighted by atomic mass is 19.1. The maximum Gasteiger partial charge on any atom is 0.256 e. The molecule has 0 saturated carbocycles. The average Bonchev–Trinajstić information content (AvgIpc) is 3.07. The molecular formula is C23H21FN6O. The molecule has 7 nitrogen and oxygen atoms in total. The Balaban J connectivity index is 1.38. The van der Waals surface area contributed by atoms with E-state index in [0.29, 0.717) is 31.1 Å². The highest BCUT2D eigenvalue weighted by molar-refractivity contribution is 5.94. The third-order valence-corrected chi connectivity index (χ3v) is 5.49. The smallest absolute Gasteiger partial charge is 0.256 e. The van der Waals surface area contributed by atoms with Crippen LogP contribution in [-0.2, 0) is 0 Å². The summed E-state index contributed by atoms with van der Waals surface area (Å²) in [7, 11) is 0. The van der Waals surface area contributed by atoms with E-state index >= 15 is 0 Å². The molecule has 5 rings (SSSR count). The number of benzene rings is 2. The van der Waals surface area contributed by atoms with Crippen molar-refractivity contribution >= 4 is 17.4 Å². The summed E-state index contributed by atoms with van der Waals surface area (Å²) in [5, 5.41) is 13.3. The molecule has 1 fully saturated rings. The lowest BCUT2D eigenvalue weighted by atomic mass is 10.2. The molecule has 156 valence electrons. The van der Waals surface area contributed by atoms with Crippen molar-refractivity contribution in [1.29, 1.82) is 0 Å². The molecule has 0 aliphatic carbocycles. The Hall–Kier alpha value is -3.81. The van der Waals surface area contributed by atoms with Crippen molar-refractivity contribution in [3.05, 3.63) is 78.1 Å². The van der Waals surface area contributed by atoms with Crippen LogP contribution in [-0.4, -0.2) is 56.8 Å². The summed E-state index contributed by atoms with van der Waals surface area (Å²) in [5.41, 5.74) is 1.73. The van der Waals surface area contributed by atoms with Gasteiger partial charge in [-0.1, -0.05) is 42.5 Å². The summed E-state index contributed by atoms with van der Waals surface area (Å²) in [6, 6.07) is 19.8. The number of rotatable bonds is 3. The lowest BCUT2D eigenvalue weighted by molar-refractivity contribution is 0.0762. The number of hydrogen-bond acceptors (Lipinski definition) is 5. The van der Waals surface area contributed by atoms with E-state index in [4.69, 9.17) is 5.10 Å². The molecule has 31 heavy (non-hydrogen) atoms. The second-order valence-electron chi connectivity index (χ2n) is 7.46. The minimum atomic E-state index is -0.484. The maximum absolute atomic E-state index is 14.1. The number of nitrogens with zero attached hydrogens (tertiary/aromatic N) is 6. The van der Waals surface area contributed by atoms with E-state index in [0.717, 1.165) is 24.3 Å². The molecule has 1 saturated heterocycles. The van der Waals surface area contributed by atoms with Crippen molar-refractivity contribution < 1.29 is 9.18 Å². The minimum absolute atomic E-state index is 0.118. The van der Waals surface area contributed by atoms with E-state index in [1.807, 2.05) is 42.5 Å². The van der Waals surface area contributed by atoms with Crippen LogP contribution in [0.3, 0.4) is 0 Å². The van der Waals surface area contributed by atoms with Crippen molar-refractivity contribution in [3.8, 4) is 11.4 Å². The van der Waals surface area contributed by atoms with Crippen LogP contribution in [0.15, 0.2) is 66.7 Å². The summed E-state index contributed by atoms with van der Waals surface area (Å²) in [6.45, 7) is 2.44. The zero-order valence-electron chi connectivity index (χ0n) is 16.9. The van der Waals surface area contributed by atoms with E-state index in [2.05, 4.69) is 15.1 Å². The first kappa shape index (κ1) is 19.2. The first-order chi connectivity index (χ1) is 15.2. The minimum Gasteiger partial charge on any atom is -0.353 e. The number of hydrogen-bond donors (Lipinski definition) is 0. The highest BCUT2D eigenvalue weighted by Crippen LogP contribution is 2.21. The monoisotopic (exact) mass is 416 g/mol. The molecule has 1 aliphatic rings. The molecule has 4 aromatic rings. The van der Waals surface area contributed by atoms with E-state index in [1.54, 1.807) is 21.5 Å². The van der Waals surface area contributed by atoms with Gasteiger partial charge in [0, 0.05) is 31.7 Å². The first-order valence-corrected chi connectivity index (χ1v) is 10.3. The lowest BCUT2D eigenvalue weighted by Gasteiger charge is -2.23. The van der Waals surface area contributed by atoms with Crippen LogP contribution in [0.5, 0.6) is 0 Å². The summed E-state index contributed by atoms with van der Waals surface area (Å²) in [6.07, 6.45) is 0.771. The fraction of sp³-hybridized carbons (Fsp3) is 0.217. The maximum atomic E-state index is 14.1. The molecule has 3 heterocycles. The first-order valence-electron chi connectivity index (χ1n) is 10.3. The van der Waals surface area contributed by atoms with Gasteiger partial charge in [0.1, 0.15) is 11.6 Å². The van der Waals surface area contributed by atoms with Crippen molar-refractivity contribution in [1.82, 2.24) is 24.7 Å². The third kappa shape index (κ3) is 3.72. The lowest BCUT2D eigenvalue weighted by Crippen LogP contribution is -2.35. The fourth-order valence-electron chi connectivity index (χ4n) is 3.87. The van der Waals surface area contributed by atoms with Gasteiger partial charge in [-0.2, -0.15) is 4.52 Å². The van der Waals surface area contributed by atoms with Crippen LogP contribution in [0.25, 0.3) is 17.0 Å². The number of fused-ring (bicyclic) bond motifs is 1. The Kier molecular flexibility index (Phi) is 5.03. The fourth-order valence-corrected chi connectivity index (χ4v) is 3.87. The summed E-state index contributed by atoms with van der Waals surface area (Å²) in [5.74, 6) is 0.726. The molecule has 2 aromatic heterocycles. The van der Waals surface area contributed by atoms with Crippen LogP contribution in [0.2, 0.25) is 0 Å². The summed E-state index contributed by atoms with van der Waals surface area (Å²) in [4.78, 5) is 16.6. The van der Waals surface area contributed by atoms with E-state index in [-0.39, 0.29) is 11.5 Å². The molecule has 0 bridgehead atoms. The Morgan fingerprint density at radius 3 is 2.48 bits per heavy atom. The topological polar surface area (TPSA) is 66.6 Å². The number of aromatic nitrogens is 4. The number of carbonyl (C=O) groups is 1. The predicted octanol–water partition coefficient (Wildman–Crippen LogP) is 3.28. The summed E-state index contributed by atoms with van der Waals surface area (Å²) < 4.78 is 15.8. The Labute approximate surface area is 178 Å². The highest BCUT2D eigenvalue weighted by Gasteiger charge is 2.23. The van der Waals surface area contributed by atoms with E-state index < -0.39 is 5.82 Å². The van der Waals surface area contributed by atoms with Crippen LogP contribution in [0.4, 0.5) is 10.2 Å². The van der Waals surface area contributed by atoms with E-state index in [9.17, 15) is 9.18 Å². The second-order valence-corrected chi connectivity index (χ2v) is 7.46. The Morgan fingerprint density at radius 1 is 0.839 bits per heavy atom. The molecule has 0 radical (unpaired) electrons. The molecule has 0 atom stereocenters. The van der Waals surface area contributed by atoms with Gasteiger partial charge in [-0.15, -0.1) is 15.3 Å². The zero-order chi connectivity index (χ0) is 21.2. The summed E-state index contributed by atoms with van der Waals surface area (Å²) >= 11 is 0. The predicted molar refractivity (Wildman–Crippen MR) is 115 cm³/mol. The molecule has 0 unspecified atom stereocenters. The van der Waals surface area contributed by atoms with Gasteiger partial charge in [-0.05, 0) is 30.7 Å². The van der Waals surface area contributed by atoms with Gasteiger partial charge >= 0.3 is 0 Å². The van der Waals surface area contributed by atoms with E-state index in [1.165, 1.54) is 12.1 Å². The largest absolute Gasteiger partial charge is 0.353 e. The number of halogens is 1. The molecule has 0 N–H and O–H groups in total. The van der Waals surface area contributed by atoms with Crippen molar-refractivity contribution in [2.75, 3.05) is 31.1 Å². The van der Waals surface area contributed by atoms with Gasteiger partial charge in [0.15, 0.2) is 11.5 Å². The van der Waals surface area contributed by atoms with Crippen LogP contribution in [0, 0.1) is 5.82 Å². The van der Waals surface area contributed by atoms with Crippen molar-refractivity contribution in [3.63, 3.8) is 0 Å². The third-order valence-electron chi connectivity index (χ3n) is 5.49. The number of carbonyl (C=O) groups excluding carboxylic acids is 1. The van der Waals surface area contributed by atoms with Gasteiger partial charge in [-0.3, -0.25) is 4.79 Å². The second kappa shape index (κ2) is 8.14. The molecule has 1 aliphatic heterocycles. The number of anilines is 1. The normalized spacial score (nSPS) is 14.6. The molecule has 1 amide bonds. The van der Waals surface area contributed by atoms with Crippen molar-refractivity contribution in [2.24, 2.45) is 0 Å². The van der Waals surface area contributed by atoms with Gasteiger partial charge in [0.05, 0.1) is 5.56 Å². The average molecular weight is 416 g/mol. The standard InChI is InChI=1S/C23H21FN6O/c24-19-10-5-4-9-18(19)23(31)29-14-6-13-28(15-16-29)21-12-11-20-25-26-22(30(20)27-21)17-7-2-1-3-8-17/h1-5,7-12H,6,13-16H2. The molecule has 8 heteroatoms. The van der Waals surface area contributed by atoms with Gasteiger partial charge in [0.2, 0.25) is 0 Å². The van der Waals surface area contributed by atoms with Gasteiger partial charge in [-0.25, -0.2) is 4.39 Å². The quantitative estimate of drug-likeness (QED) is 0.513. The van der Waals surface area contributed by atoms with Crippen molar-refractivity contribution in [2.45, 2.75) is 6.42 Å². The Morgan fingerprint density at radius 2 is 1.65 bits per heavy atom. The SMILES string of the molecule is O=C(c1ccccc1F)N1CCCN(c2ccc3nnc(-c4ccccc4)n3n2)CC1. The van der Waals surface area contributed by atoms with Crippen LogP contribution >= 0.6 is 0 Å². The molecule has 2 aromatic carbocycles. The van der Waals surface area contributed by atoms with Crippen LogP contribution < -0.4 is 4.90 Å². The Bertz CT molecular complexity index is 1230. The number of amides is 1. The van der Waals surface area contributed by atoms with Crippen LogP contribution in [0.1, 0.15) is 16.8 Å². The van der Waals surface area contributed by atoms with Gasteiger partial charge in [0.25, 0.3) is 5.91 Å². The molecular weight excluding hydrogens is 395 g/mol.